The first kappa shape index (κ1) is 17.7. The van der Waals surface area contributed by atoms with E-state index >= 15 is 0 Å². The Morgan fingerprint density at radius 1 is 0.846 bits per heavy atom. The predicted octanol–water partition coefficient (Wildman–Crippen LogP) is 2.66. The Morgan fingerprint density at radius 2 is 1.50 bits per heavy atom. The van der Waals surface area contributed by atoms with E-state index in [9.17, 15) is 8.42 Å². The second kappa shape index (κ2) is 7.51. The molecule has 2 aromatic carbocycles. The molecule has 2 saturated heterocycles. The van der Waals surface area contributed by atoms with Gasteiger partial charge in [0, 0.05) is 38.8 Å². The minimum Gasteiger partial charge on any atom is -0.297 e. The fourth-order valence-corrected chi connectivity index (χ4v) is 5.80. The third-order valence-electron chi connectivity index (χ3n) is 5.60. The third kappa shape index (κ3) is 4.17. The molecule has 0 aliphatic carbocycles. The monoisotopic (exact) mass is 370 g/mol. The number of nitrogens with zero attached hydrogens (tertiary/aromatic N) is 2. The molecule has 2 fully saturated rings. The lowest BCUT2D eigenvalue weighted by Crippen LogP contribution is -2.50. The Hall–Kier alpha value is -1.69. The first-order valence-corrected chi connectivity index (χ1v) is 11.2. The zero-order valence-electron chi connectivity index (χ0n) is 15.0. The number of hydrogen-bond donors (Lipinski definition) is 0. The van der Waals surface area contributed by atoms with Gasteiger partial charge in [-0.05, 0) is 23.1 Å². The van der Waals surface area contributed by atoms with Crippen LogP contribution in [0.25, 0.3) is 11.1 Å². The van der Waals surface area contributed by atoms with Crippen molar-refractivity contribution in [2.75, 3.05) is 37.7 Å². The van der Waals surface area contributed by atoms with Crippen molar-refractivity contribution < 1.29 is 8.42 Å². The first-order valence-electron chi connectivity index (χ1n) is 9.40. The van der Waals surface area contributed by atoms with Crippen molar-refractivity contribution in [3.8, 4) is 11.1 Å². The smallest absolute Gasteiger partial charge is 0.151 e. The van der Waals surface area contributed by atoms with E-state index in [2.05, 4.69) is 58.3 Å². The Kier molecular flexibility index (Phi) is 5.11. The summed E-state index contributed by atoms with van der Waals surface area (Å²) in [6.45, 7) is 4.93. The van der Waals surface area contributed by atoms with Crippen molar-refractivity contribution in [3.05, 3.63) is 60.2 Å². The van der Waals surface area contributed by atoms with Crippen LogP contribution in [0.5, 0.6) is 0 Å². The van der Waals surface area contributed by atoms with Gasteiger partial charge < -0.3 is 0 Å². The lowest BCUT2D eigenvalue weighted by Gasteiger charge is -2.37. The molecule has 0 N–H and O–H groups in total. The third-order valence-corrected chi connectivity index (χ3v) is 7.35. The Bertz CT molecular complexity index is 826. The van der Waals surface area contributed by atoms with Crippen LogP contribution in [0.3, 0.4) is 0 Å². The molecule has 0 bridgehead atoms. The first-order chi connectivity index (χ1) is 12.6. The van der Waals surface area contributed by atoms with E-state index in [1.165, 1.54) is 16.7 Å². The van der Waals surface area contributed by atoms with Crippen molar-refractivity contribution in [1.82, 2.24) is 9.80 Å². The zero-order chi connectivity index (χ0) is 18.0. The number of sulfone groups is 1. The highest BCUT2D eigenvalue weighted by molar-refractivity contribution is 7.91. The van der Waals surface area contributed by atoms with Gasteiger partial charge in [0.05, 0.1) is 11.5 Å². The van der Waals surface area contributed by atoms with Crippen molar-refractivity contribution >= 4 is 9.84 Å². The summed E-state index contributed by atoms with van der Waals surface area (Å²) in [5, 5.41) is 0. The molecule has 0 amide bonds. The molecule has 26 heavy (non-hydrogen) atoms. The summed E-state index contributed by atoms with van der Waals surface area (Å²) in [5.41, 5.74) is 3.84. The lowest BCUT2D eigenvalue weighted by atomic mass is 10.0. The second-order valence-corrected chi connectivity index (χ2v) is 9.66. The van der Waals surface area contributed by atoms with E-state index < -0.39 is 9.84 Å². The number of hydrogen-bond acceptors (Lipinski definition) is 4. The highest BCUT2D eigenvalue weighted by Crippen LogP contribution is 2.22. The molecule has 2 aliphatic rings. The summed E-state index contributed by atoms with van der Waals surface area (Å²) in [7, 11) is -2.79. The molecule has 0 spiro atoms. The number of rotatable bonds is 4. The quantitative estimate of drug-likeness (QED) is 0.830. The van der Waals surface area contributed by atoms with Gasteiger partial charge in [-0.3, -0.25) is 9.80 Å². The summed E-state index contributed by atoms with van der Waals surface area (Å²) in [6.07, 6.45) is 0.809. The highest BCUT2D eigenvalue weighted by atomic mass is 32.2. The van der Waals surface area contributed by atoms with Crippen LogP contribution in [-0.4, -0.2) is 61.9 Å². The van der Waals surface area contributed by atoms with Crippen molar-refractivity contribution in [3.63, 3.8) is 0 Å². The molecule has 0 unspecified atom stereocenters. The average Bonchev–Trinajstić information content (AvgIpc) is 3.04. The minimum absolute atomic E-state index is 0.243. The van der Waals surface area contributed by atoms with Gasteiger partial charge >= 0.3 is 0 Å². The summed E-state index contributed by atoms with van der Waals surface area (Å²) in [4.78, 5) is 4.84. The van der Waals surface area contributed by atoms with Crippen molar-refractivity contribution in [2.45, 2.75) is 19.0 Å². The Labute approximate surface area is 156 Å². The summed E-state index contributed by atoms with van der Waals surface area (Å²) >= 11 is 0. The molecule has 0 aromatic heterocycles. The van der Waals surface area contributed by atoms with Gasteiger partial charge in [-0.2, -0.15) is 0 Å². The van der Waals surface area contributed by atoms with E-state index in [1.807, 2.05) is 6.07 Å². The van der Waals surface area contributed by atoms with Crippen molar-refractivity contribution in [2.24, 2.45) is 0 Å². The lowest BCUT2D eigenvalue weighted by molar-refractivity contribution is 0.100. The minimum atomic E-state index is -2.79. The summed E-state index contributed by atoms with van der Waals surface area (Å²) < 4.78 is 23.4. The number of benzene rings is 2. The van der Waals surface area contributed by atoms with Crippen LogP contribution in [0.4, 0.5) is 0 Å². The zero-order valence-corrected chi connectivity index (χ0v) is 15.9. The largest absolute Gasteiger partial charge is 0.297 e. The molecule has 4 nitrogen and oxygen atoms in total. The van der Waals surface area contributed by atoms with Gasteiger partial charge in [0.15, 0.2) is 9.84 Å². The van der Waals surface area contributed by atoms with Crippen LogP contribution < -0.4 is 0 Å². The van der Waals surface area contributed by atoms with Gasteiger partial charge in [0.25, 0.3) is 0 Å². The SMILES string of the molecule is O=S1(=O)CC[C@@H](N2CCN(Cc3ccc(-c4ccccc4)cc3)CC2)C1. The molecule has 2 aliphatic heterocycles. The van der Waals surface area contributed by atoms with E-state index in [-0.39, 0.29) is 6.04 Å². The molecule has 2 heterocycles. The molecule has 1 atom stereocenters. The maximum Gasteiger partial charge on any atom is 0.151 e. The second-order valence-electron chi connectivity index (χ2n) is 7.43. The van der Waals surface area contributed by atoms with Crippen LogP contribution in [0.2, 0.25) is 0 Å². The normalized spacial score (nSPS) is 23.9. The van der Waals surface area contributed by atoms with E-state index in [1.54, 1.807) is 0 Å². The molecule has 0 saturated carbocycles. The Balaban J connectivity index is 1.31. The predicted molar refractivity (Wildman–Crippen MR) is 106 cm³/mol. The number of piperazine rings is 1. The molecule has 138 valence electrons. The molecule has 2 aromatic rings. The van der Waals surface area contributed by atoms with Crippen LogP contribution >= 0.6 is 0 Å². The molecule has 0 radical (unpaired) electrons. The van der Waals surface area contributed by atoms with Crippen LogP contribution in [-0.2, 0) is 16.4 Å². The van der Waals surface area contributed by atoms with E-state index in [0.29, 0.717) is 11.5 Å². The summed E-state index contributed by atoms with van der Waals surface area (Å²) in [5.74, 6) is 0.722. The highest BCUT2D eigenvalue weighted by Gasteiger charge is 2.33. The molecule has 4 rings (SSSR count). The maximum absolute atomic E-state index is 11.7. The standard InChI is InChI=1S/C21H26N2O2S/c24-26(25)15-10-21(17-26)23-13-11-22(12-14-23)16-18-6-8-20(9-7-18)19-4-2-1-3-5-19/h1-9,21H,10-17H2/t21-/m1/s1. The molecular formula is C21H26N2O2S. The van der Waals surface area contributed by atoms with Crippen LogP contribution in [0.1, 0.15) is 12.0 Å². The Morgan fingerprint density at radius 3 is 2.12 bits per heavy atom. The van der Waals surface area contributed by atoms with Gasteiger partial charge in [0.1, 0.15) is 0 Å². The maximum atomic E-state index is 11.7. The van der Waals surface area contributed by atoms with Crippen LogP contribution in [0, 0.1) is 0 Å². The van der Waals surface area contributed by atoms with E-state index in [4.69, 9.17) is 0 Å². The van der Waals surface area contributed by atoms with E-state index in [0.717, 1.165) is 39.1 Å². The van der Waals surface area contributed by atoms with Crippen molar-refractivity contribution in [1.29, 1.82) is 0 Å². The van der Waals surface area contributed by atoms with Gasteiger partial charge in [-0.15, -0.1) is 0 Å². The average molecular weight is 371 g/mol. The fourth-order valence-electron chi connectivity index (χ4n) is 4.04. The van der Waals surface area contributed by atoms with Gasteiger partial charge in [-0.1, -0.05) is 54.6 Å². The molecule has 5 heteroatoms. The van der Waals surface area contributed by atoms with Gasteiger partial charge in [-0.25, -0.2) is 8.42 Å². The topological polar surface area (TPSA) is 40.6 Å². The fraction of sp³-hybridized carbons (Fsp3) is 0.429. The summed E-state index contributed by atoms with van der Waals surface area (Å²) in [6, 6.07) is 19.5. The molecular weight excluding hydrogens is 344 g/mol. The van der Waals surface area contributed by atoms with Gasteiger partial charge in [0.2, 0.25) is 0 Å². The van der Waals surface area contributed by atoms with Crippen LogP contribution in [0.15, 0.2) is 54.6 Å².